The molecule has 1 heterocycles. The molecule has 26 heavy (non-hydrogen) atoms. The number of ketones is 1. The topological polar surface area (TPSA) is 73.6 Å². The highest BCUT2D eigenvalue weighted by Gasteiger charge is 2.16. The molecule has 3 N–H and O–H groups in total. The van der Waals surface area contributed by atoms with Crippen LogP contribution < -0.4 is 20.5 Å². The van der Waals surface area contributed by atoms with Gasteiger partial charge in [-0.3, -0.25) is 4.79 Å². The maximum absolute atomic E-state index is 12.7. The number of nitrogens with two attached hydrogens (primary N) is 1. The van der Waals surface area contributed by atoms with E-state index in [4.69, 9.17) is 15.2 Å². The number of ether oxygens (including phenoxy) is 2. The van der Waals surface area contributed by atoms with Crippen LogP contribution in [0.1, 0.15) is 15.9 Å². The Morgan fingerprint density at radius 3 is 2.31 bits per heavy atom. The molecule has 0 atom stereocenters. The lowest BCUT2D eigenvalue weighted by molar-refractivity contribution is 0.103. The highest BCUT2D eigenvalue weighted by Crippen LogP contribution is 2.31. The Morgan fingerprint density at radius 1 is 0.846 bits per heavy atom. The van der Waals surface area contributed by atoms with Crippen LogP contribution in [-0.2, 0) is 0 Å². The molecule has 0 aromatic heterocycles. The van der Waals surface area contributed by atoms with E-state index in [0.29, 0.717) is 41.5 Å². The molecule has 5 heteroatoms. The Bertz CT molecular complexity index is 952. The summed E-state index contributed by atoms with van der Waals surface area (Å²) in [4.78, 5) is 12.7. The van der Waals surface area contributed by atoms with Gasteiger partial charge in [0.05, 0.1) is 11.4 Å². The van der Waals surface area contributed by atoms with Gasteiger partial charge >= 0.3 is 0 Å². The van der Waals surface area contributed by atoms with E-state index in [1.54, 1.807) is 30.3 Å². The fourth-order valence-electron chi connectivity index (χ4n) is 2.82. The van der Waals surface area contributed by atoms with Gasteiger partial charge in [-0.05, 0) is 54.6 Å². The van der Waals surface area contributed by atoms with Gasteiger partial charge in [0.2, 0.25) is 0 Å². The SMILES string of the molecule is Nc1ccccc1Nc1ccc(C(=O)c2ccc3c(c2)OCCO3)cc1. The van der Waals surface area contributed by atoms with Crippen LogP contribution in [-0.4, -0.2) is 19.0 Å². The molecule has 3 aromatic carbocycles. The number of rotatable bonds is 4. The summed E-state index contributed by atoms with van der Waals surface area (Å²) >= 11 is 0. The van der Waals surface area contributed by atoms with E-state index in [1.165, 1.54) is 0 Å². The molecule has 4 rings (SSSR count). The number of nitrogen functional groups attached to an aromatic ring is 1. The fourth-order valence-corrected chi connectivity index (χ4v) is 2.82. The van der Waals surface area contributed by atoms with E-state index in [2.05, 4.69) is 5.32 Å². The van der Waals surface area contributed by atoms with Crippen LogP contribution in [0.25, 0.3) is 0 Å². The van der Waals surface area contributed by atoms with Gasteiger partial charge in [-0.15, -0.1) is 0 Å². The highest BCUT2D eigenvalue weighted by molar-refractivity contribution is 6.09. The molecule has 5 nitrogen and oxygen atoms in total. The lowest BCUT2D eigenvalue weighted by Gasteiger charge is -2.18. The number of fused-ring (bicyclic) bond motifs is 1. The number of hydrogen-bond donors (Lipinski definition) is 2. The first-order valence-corrected chi connectivity index (χ1v) is 8.37. The van der Waals surface area contributed by atoms with Gasteiger partial charge in [0.25, 0.3) is 0 Å². The van der Waals surface area contributed by atoms with Crippen LogP contribution in [0, 0.1) is 0 Å². The minimum atomic E-state index is -0.0623. The second kappa shape index (κ2) is 6.80. The summed E-state index contributed by atoms with van der Waals surface area (Å²) in [6.45, 7) is 1.02. The van der Waals surface area contributed by atoms with Crippen molar-refractivity contribution in [3.8, 4) is 11.5 Å². The van der Waals surface area contributed by atoms with Gasteiger partial charge in [0.1, 0.15) is 13.2 Å². The number of anilines is 3. The summed E-state index contributed by atoms with van der Waals surface area (Å²) in [5.41, 5.74) is 9.48. The number of nitrogens with one attached hydrogen (secondary N) is 1. The first kappa shape index (κ1) is 16.0. The van der Waals surface area contributed by atoms with Crippen LogP contribution >= 0.6 is 0 Å². The fraction of sp³-hybridized carbons (Fsp3) is 0.0952. The van der Waals surface area contributed by atoms with Gasteiger partial charge in [-0.2, -0.15) is 0 Å². The number of benzene rings is 3. The van der Waals surface area contributed by atoms with E-state index >= 15 is 0 Å². The Kier molecular flexibility index (Phi) is 4.19. The Labute approximate surface area is 151 Å². The molecule has 0 aliphatic carbocycles. The van der Waals surface area contributed by atoms with Gasteiger partial charge in [-0.1, -0.05) is 12.1 Å². The number of carbonyl (C=O) groups is 1. The standard InChI is InChI=1S/C21H18N2O3/c22-17-3-1-2-4-18(17)23-16-8-5-14(6-9-16)21(24)15-7-10-19-20(13-15)26-12-11-25-19/h1-10,13,23H,11-12,22H2. The predicted octanol–water partition coefficient (Wildman–Crippen LogP) is 4.01. The predicted molar refractivity (Wildman–Crippen MR) is 101 cm³/mol. The molecule has 0 fully saturated rings. The number of hydrogen-bond acceptors (Lipinski definition) is 5. The van der Waals surface area contributed by atoms with Crippen molar-refractivity contribution in [3.05, 3.63) is 77.9 Å². The average Bonchev–Trinajstić information content (AvgIpc) is 2.69. The van der Waals surface area contributed by atoms with Crippen LogP contribution in [0.5, 0.6) is 11.5 Å². The van der Waals surface area contributed by atoms with E-state index in [0.717, 1.165) is 11.4 Å². The van der Waals surface area contributed by atoms with E-state index < -0.39 is 0 Å². The molecule has 0 unspecified atom stereocenters. The number of carbonyl (C=O) groups excluding carboxylic acids is 1. The summed E-state index contributed by atoms with van der Waals surface area (Å²) < 4.78 is 11.0. The van der Waals surface area contributed by atoms with E-state index in [-0.39, 0.29) is 5.78 Å². The quantitative estimate of drug-likeness (QED) is 0.551. The Balaban J connectivity index is 1.53. The lowest BCUT2D eigenvalue weighted by atomic mass is 10.0. The van der Waals surface area contributed by atoms with Crippen molar-refractivity contribution in [1.29, 1.82) is 0 Å². The van der Waals surface area contributed by atoms with Crippen LogP contribution in [0.4, 0.5) is 17.1 Å². The molecular weight excluding hydrogens is 328 g/mol. The summed E-state index contributed by atoms with van der Waals surface area (Å²) in [5, 5.41) is 3.25. The smallest absolute Gasteiger partial charge is 0.193 e. The number of para-hydroxylation sites is 2. The first-order chi connectivity index (χ1) is 12.7. The van der Waals surface area contributed by atoms with Gasteiger partial charge in [-0.25, -0.2) is 0 Å². The Morgan fingerprint density at radius 2 is 1.54 bits per heavy atom. The minimum absolute atomic E-state index is 0.0623. The van der Waals surface area contributed by atoms with Crippen LogP contribution in [0.3, 0.4) is 0 Å². The first-order valence-electron chi connectivity index (χ1n) is 8.37. The maximum Gasteiger partial charge on any atom is 0.193 e. The zero-order chi connectivity index (χ0) is 17.9. The van der Waals surface area contributed by atoms with Crippen molar-refractivity contribution in [3.63, 3.8) is 0 Å². The molecule has 1 aliphatic rings. The summed E-state index contributed by atoms with van der Waals surface area (Å²) in [7, 11) is 0. The molecule has 0 amide bonds. The van der Waals surface area contributed by atoms with E-state index in [9.17, 15) is 4.79 Å². The largest absolute Gasteiger partial charge is 0.486 e. The normalized spacial score (nSPS) is 12.5. The summed E-state index contributed by atoms with van der Waals surface area (Å²) in [6.07, 6.45) is 0. The monoisotopic (exact) mass is 346 g/mol. The molecule has 0 spiro atoms. The van der Waals surface area contributed by atoms with Crippen molar-refractivity contribution in [1.82, 2.24) is 0 Å². The molecule has 0 bridgehead atoms. The van der Waals surface area contributed by atoms with Crippen molar-refractivity contribution < 1.29 is 14.3 Å². The third-order valence-electron chi connectivity index (χ3n) is 4.19. The van der Waals surface area contributed by atoms with Crippen molar-refractivity contribution in [2.45, 2.75) is 0 Å². The Hall–Kier alpha value is -3.47. The van der Waals surface area contributed by atoms with Gasteiger partial charge in [0, 0.05) is 16.8 Å². The third-order valence-corrected chi connectivity index (χ3v) is 4.19. The van der Waals surface area contributed by atoms with Crippen LogP contribution in [0.2, 0.25) is 0 Å². The van der Waals surface area contributed by atoms with Gasteiger partial charge in [0.15, 0.2) is 17.3 Å². The van der Waals surface area contributed by atoms with Gasteiger partial charge < -0.3 is 20.5 Å². The van der Waals surface area contributed by atoms with E-state index in [1.807, 2.05) is 36.4 Å². The molecule has 1 aliphatic heterocycles. The molecule has 0 saturated heterocycles. The molecule has 130 valence electrons. The highest BCUT2D eigenvalue weighted by atomic mass is 16.6. The van der Waals surface area contributed by atoms with Crippen molar-refractivity contribution in [2.75, 3.05) is 24.3 Å². The van der Waals surface area contributed by atoms with Crippen LogP contribution in [0.15, 0.2) is 66.7 Å². The van der Waals surface area contributed by atoms with Crippen molar-refractivity contribution >= 4 is 22.8 Å². The minimum Gasteiger partial charge on any atom is -0.486 e. The third kappa shape index (κ3) is 3.19. The summed E-state index contributed by atoms with van der Waals surface area (Å²) in [6, 6.07) is 20.1. The molecule has 0 radical (unpaired) electrons. The average molecular weight is 346 g/mol. The molecular formula is C21H18N2O3. The van der Waals surface area contributed by atoms with Crippen molar-refractivity contribution in [2.24, 2.45) is 0 Å². The summed E-state index contributed by atoms with van der Waals surface area (Å²) in [5.74, 6) is 1.22. The second-order valence-corrected chi connectivity index (χ2v) is 5.98. The second-order valence-electron chi connectivity index (χ2n) is 5.98. The molecule has 0 saturated carbocycles. The zero-order valence-electron chi connectivity index (χ0n) is 14.1. The zero-order valence-corrected chi connectivity index (χ0v) is 14.1. The maximum atomic E-state index is 12.7. The molecule has 3 aromatic rings. The lowest BCUT2D eigenvalue weighted by Crippen LogP contribution is -2.15.